The van der Waals surface area contributed by atoms with E-state index >= 15 is 0 Å². The number of hydrogen-bond acceptors (Lipinski definition) is 3. The van der Waals surface area contributed by atoms with Crippen molar-refractivity contribution in [2.24, 2.45) is 5.92 Å². The van der Waals surface area contributed by atoms with Gasteiger partial charge in [0.05, 0.1) is 0 Å². The molecule has 0 radical (unpaired) electrons. The minimum absolute atomic E-state index is 0.0869. The van der Waals surface area contributed by atoms with Crippen molar-refractivity contribution in [3.8, 4) is 5.75 Å². The normalized spacial score (nSPS) is 14.3. The van der Waals surface area contributed by atoms with E-state index in [1.165, 1.54) is 6.07 Å². The van der Waals surface area contributed by atoms with E-state index in [0.717, 1.165) is 12.8 Å². The number of aliphatic hydroxyl groups excluding tert-OH is 1. The van der Waals surface area contributed by atoms with Crippen LogP contribution in [0.5, 0.6) is 5.75 Å². The maximum atomic E-state index is 13.3. The van der Waals surface area contributed by atoms with Crippen LogP contribution in [0.2, 0.25) is 0 Å². The average Bonchev–Trinajstić information content (AvgIpc) is 2.45. The molecule has 0 saturated heterocycles. The Hall–Kier alpha value is -1.13. The summed E-state index contributed by atoms with van der Waals surface area (Å²) in [4.78, 5) is 0. The number of halogens is 1. The lowest BCUT2D eigenvalue weighted by atomic mass is 9.95. The van der Waals surface area contributed by atoms with E-state index < -0.39 is 11.9 Å². The van der Waals surface area contributed by atoms with Crippen LogP contribution in [0.15, 0.2) is 24.3 Å². The first-order chi connectivity index (χ1) is 9.58. The van der Waals surface area contributed by atoms with Crippen molar-refractivity contribution in [1.29, 1.82) is 0 Å². The summed E-state index contributed by atoms with van der Waals surface area (Å²) in [5.41, 5.74) is 0. The lowest BCUT2D eigenvalue weighted by Crippen LogP contribution is -2.40. The molecule has 0 heterocycles. The van der Waals surface area contributed by atoms with Crippen LogP contribution in [-0.4, -0.2) is 30.4 Å². The molecule has 2 atom stereocenters. The molecule has 0 saturated carbocycles. The Labute approximate surface area is 121 Å². The van der Waals surface area contributed by atoms with Gasteiger partial charge >= 0.3 is 0 Å². The Bertz CT molecular complexity index is 382. The predicted molar refractivity (Wildman–Crippen MR) is 79.4 cm³/mol. The summed E-state index contributed by atoms with van der Waals surface area (Å²) in [5, 5.41) is 13.2. The molecular formula is C16H26FNO2. The molecule has 0 aliphatic heterocycles. The first-order valence-electron chi connectivity index (χ1n) is 7.37. The van der Waals surface area contributed by atoms with Crippen molar-refractivity contribution in [2.75, 3.05) is 13.2 Å². The summed E-state index contributed by atoms with van der Waals surface area (Å²) in [6.45, 7) is 7.01. The molecule has 114 valence electrons. The van der Waals surface area contributed by atoms with Crippen molar-refractivity contribution in [1.82, 2.24) is 5.32 Å². The van der Waals surface area contributed by atoms with Crippen molar-refractivity contribution >= 4 is 0 Å². The van der Waals surface area contributed by atoms with Crippen LogP contribution in [0.4, 0.5) is 4.39 Å². The van der Waals surface area contributed by atoms with E-state index in [1.807, 2.05) is 0 Å². The quantitative estimate of drug-likeness (QED) is 0.732. The zero-order valence-corrected chi connectivity index (χ0v) is 12.6. The summed E-state index contributed by atoms with van der Waals surface area (Å²) >= 11 is 0. The SMILES string of the molecule is CCC(CC)C(C)NCC(O)COc1ccccc1F. The third-order valence-electron chi connectivity index (χ3n) is 3.70. The molecular weight excluding hydrogens is 257 g/mol. The smallest absolute Gasteiger partial charge is 0.165 e. The maximum absolute atomic E-state index is 13.3. The minimum atomic E-state index is -0.647. The van der Waals surface area contributed by atoms with Gasteiger partial charge in [0.25, 0.3) is 0 Å². The summed E-state index contributed by atoms with van der Waals surface area (Å²) in [5.74, 6) is 0.382. The maximum Gasteiger partial charge on any atom is 0.165 e. The molecule has 4 heteroatoms. The van der Waals surface area contributed by atoms with Gasteiger partial charge in [-0.3, -0.25) is 0 Å². The van der Waals surface area contributed by atoms with Crippen LogP contribution >= 0.6 is 0 Å². The molecule has 2 N–H and O–H groups in total. The zero-order chi connectivity index (χ0) is 15.0. The third-order valence-corrected chi connectivity index (χ3v) is 3.70. The molecule has 0 aromatic heterocycles. The number of aliphatic hydroxyl groups is 1. The van der Waals surface area contributed by atoms with Crippen LogP contribution < -0.4 is 10.1 Å². The van der Waals surface area contributed by atoms with Gasteiger partial charge in [-0.25, -0.2) is 4.39 Å². The van der Waals surface area contributed by atoms with Crippen LogP contribution in [0.3, 0.4) is 0 Å². The van der Waals surface area contributed by atoms with E-state index in [1.54, 1.807) is 18.2 Å². The monoisotopic (exact) mass is 283 g/mol. The van der Waals surface area contributed by atoms with E-state index in [-0.39, 0.29) is 12.4 Å². The fraction of sp³-hybridized carbons (Fsp3) is 0.625. The number of benzene rings is 1. The van der Waals surface area contributed by atoms with E-state index in [0.29, 0.717) is 18.5 Å². The van der Waals surface area contributed by atoms with Gasteiger partial charge < -0.3 is 15.2 Å². The first kappa shape index (κ1) is 16.9. The summed E-state index contributed by atoms with van der Waals surface area (Å²) in [7, 11) is 0. The molecule has 1 rings (SSSR count). The highest BCUT2D eigenvalue weighted by Crippen LogP contribution is 2.15. The van der Waals surface area contributed by atoms with Crippen molar-refractivity contribution < 1.29 is 14.2 Å². The molecule has 0 bridgehead atoms. The molecule has 0 amide bonds. The molecule has 0 spiro atoms. The molecule has 1 aromatic rings. The number of rotatable bonds is 9. The Morgan fingerprint density at radius 3 is 2.50 bits per heavy atom. The fourth-order valence-electron chi connectivity index (χ4n) is 2.29. The Morgan fingerprint density at radius 1 is 1.25 bits per heavy atom. The van der Waals surface area contributed by atoms with Gasteiger partial charge in [0.2, 0.25) is 0 Å². The molecule has 1 aromatic carbocycles. The standard InChI is InChI=1S/C16H26FNO2/c1-4-13(5-2)12(3)18-10-14(19)11-20-16-9-7-6-8-15(16)17/h6-9,12-14,18-19H,4-5,10-11H2,1-3H3. The van der Waals surface area contributed by atoms with Gasteiger partial charge in [0, 0.05) is 12.6 Å². The van der Waals surface area contributed by atoms with Gasteiger partial charge in [0.15, 0.2) is 11.6 Å². The summed E-state index contributed by atoms with van der Waals surface area (Å²) < 4.78 is 18.6. The van der Waals surface area contributed by atoms with Gasteiger partial charge in [0.1, 0.15) is 12.7 Å². The highest BCUT2D eigenvalue weighted by atomic mass is 19.1. The number of ether oxygens (including phenoxy) is 1. The highest BCUT2D eigenvalue weighted by Gasteiger charge is 2.15. The summed E-state index contributed by atoms with van der Waals surface area (Å²) in [6, 6.07) is 6.57. The first-order valence-corrected chi connectivity index (χ1v) is 7.37. The number of hydrogen-bond donors (Lipinski definition) is 2. The highest BCUT2D eigenvalue weighted by molar-refractivity contribution is 5.23. The minimum Gasteiger partial charge on any atom is -0.488 e. The number of nitrogens with one attached hydrogen (secondary N) is 1. The number of para-hydroxylation sites is 1. The molecule has 2 unspecified atom stereocenters. The van der Waals surface area contributed by atoms with Gasteiger partial charge in [-0.1, -0.05) is 38.8 Å². The van der Waals surface area contributed by atoms with Crippen LogP contribution in [0.1, 0.15) is 33.6 Å². The molecule has 0 aliphatic rings. The van der Waals surface area contributed by atoms with E-state index in [4.69, 9.17) is 4.74 Å². The van der Waals surface area contributed by atoms with Gasteiger partial charge in [-0.05, 0) is 25.0 Å². The van der Waals surface area contributed by atoms with Crippen LogP contribution in [0, 0.1) is 11.7 Å². The Kier molecular flexibility index (Phi) is 7.55. The van der Waals surface area contributed by atoms with Crippen LogP contribution in [0.25, 0.3) is 0 Å². The van der Waals surface area contributed by atoms with Crippen LogP contribution in [-0.2, 0) is 0 Å². The average molecular weight is 283 g/mol. The van der Waals surface area contributed by atoms with E-state index in [9.17, 15) is 9.50 Å². The van der Waals surface area contributed by atoms with Crippen molar-refractivity contribution in [2.45, 2.75) is 45.8 Å². The second-order valence-electron chi connectivity index (χ2n) is 5.17. The second kappa shape index (κ2) is 8.93. The topological polar surface area (TPSA) is 41.5 Å². The lowest BCUT2D eigenvalue weighted by molar-refractivity contribution is 0.0991. The van der Waals surface area contributed by atoms with E-state index in [2.05, 4.69) is 26.1 Å². The summed E-state index contributed by atoms with van der Waals surface area (Å²) in [6.07, 6.45) is 1.59. The molecule has 0 fully saturated rings. The van der Waals surface area contributed by atoms with Gasteiger partial charge in [-0.15, -0.1) is 0 Å². The molecule has 0 aliphatic carbocycles. The van der Waals surface area contributed by atoms with Gasteiger partial charge in [-0.2, -0.15) is 0 Å². The zero-order valence-electron chi connectivity index (χ0n) is 12.6. The predicted octanol–water partition coefficient (Wildman–Crippen LogP) is 2.98. The Balaban J connectivity index is 2.30. The molecule has 3 nitrogen and oxygen atoms in total. The van der Waals surface area contributed by atoms with Crippen molar-refractivity contribution in [3.05, 3.63) is 30.1 Å². The molecule has 20 heavy (non-hydrogen) atoms. The second-order valence-corrected chi connectivity index (χ2v) is 5.17. The Morgan fingerprint density at radius 2 is 1.90 bits per heavy atom. The lowest BCUT2D eigenvalue weighted by Gasteiger charge is -2.24. The fourth-order valence-corrected chi connectivity index (χ4v) is 2.29. The van der Waals surface area contributed by atoms with Crippen molar-refractivity contribution in [3.63, 3.8) is 0 Å². The largest absolute Gasteiger partial charge is 0.488 e. The third kappa shape index (κ3) is 5.47.